The molecule has 3 nitrogen and oxygen atoms in total. The number of carbonyl (C=O) groups excluding carboxylic acids is 2. The van der Waals surface area contributed by atoms with Crippen molar-refractivity contribution < 1.29 is 14.3 Å². The van der Waals surface area contributed by atoms with E-state index in [4.69, 9.17) is 4.74 Å². The lowest BCUT2D eigenvalue weighted by atomic mass is 9.98. The normalized spacial score (nSPS) is 12.1. The van der Waals surface area contributed by atoms with Gasteiger partial charge in [-0.05, 0) is 19.8 Å². The molecule has 0 aromatic rings. The Balaban J connectivity index is 3.48. The molecule has 0 spiro atoms. The minimum Gasteiger partial charge on any atom is -0.465 e. The maximum absolute atomic E-state index is 11.9. The van der Waals surface area contributed by atoms with E-state index >= 15 is 0 Å². The number of rotatable bonds is 17. The molecule has 0 N–H and O–H groups in total. The van der Waals surface area contributed by atoms with Crippen LogP contribution in [0.15, 0.2) is 0 Å². The minimum atomic E-state index is -0.544. The van der Waals surface area contributed by atoms with Gasteiger partial charge in [-0.3, -0.25) is 9.59 Å². The highest BCUT2D eigenvalue weighted by Crippen LogP contribution is 2.14. The van der Waals surface area contributed by atoms with Crippen LogP contribution in [0.2, 0.25) is 0 Å². The number of hydrogen-bond donors (Lipinski definition) is 0. The second-order valence-electron chi connectivity index (χ2n) is 7.01. The van der Waals surface area contributed by atoms with Crippen LogP contribution in [0.25, 0.3) is 0 Å². The molecule has 0 bridgehead atoms. The van der Waals surface area contributed by atoms with E-state index in [1.165, 1.54) is 64.7 Å². The van der Waals surface area contributed by atoms with Crippen LogP contribution in [0.5, 0.6) is 0 Å². The number of hydrogen-bond acceptors (Lipinski definition) is 3. The average molecular weight is 341 g/mol. The monoisotopic (exact) mass is 340 g/mol. The number of unbranched alkanes of at least 4 members (excludes halogenated alkanes) is 11. The summed E-state index contributed by atoms with van der Waals surface area (Å²) in [7, 11) is 0. The molecule has 0 aliphatic rings. The number of esters is 1. The number of Topliss-reactive ketones (excluding diaryl/α,β-unsaturated/α-hetero) is 1. The van der Waals surface area contributed by atoms with Crippen molar-refractivity contribution >= 4 is 11.8 Å². The highest BCUT2D eigenvalue weighted by atomic mass is 16.5. The summed E-state index contributed by atoms with van der Waals surface area (Å²) in [5.41, 5.74) is 0. The summed E-state index contributed by atoms with van der Waals surface area (Å²) in [6.45, 7) is 6.27. The molecule has 0 aliphatic carbocycles. The lowest BCUT2D eigenvalue weighted by Crippen LogP contribution is -2.24. The van der Waals surface area contributed by atoms with Crippen molar-refractivity contribution in [1.82, 2.24) is 0 Å². The average Bonchev–Trinajstić information content (AvgIpc) is 2.56. The van der Waals surface area contributed by atoms with Crippen LogP contribution in [0.4, 0.5) is 0 Å². The second kappa shape index (κ2) is 17.0. The van der Waals surface area contributed by atoms with E-state index in [9.17, 15) is 9.59 Å². The Bertz CT molecular complexity index is 312. The van der Waals surface area contributed by atoms with Gasteiger partial charge in [-0.15, -0.1) is 0 Å². The maximum Gasteiger partial charge on any atom is 0.316 e. The van der Waals surface area contributed by atoms with Crippen molar-refractivity contribution in [2.75, 3.05) is 6.61 Å². The summed E-state index contributed by atoms with van der Waals surface area (Å²) < 4.78 is 5.29. The first-order chi connectivity index (χ1) is 11.6. The van der Waals surface area contributed by atoms with E-state index in [1.807, 2.05) is 0 Å². The fourth-order valence-corrected chi connectivity index (χ4v) is 2.93. The summed E-state index contributed by atoms with van der Waals surface area (Å²) in [6.07, 6.45) is 16.6. The van der Waals surface area contributed by atoms with E-state index < -0.39 is 5.92 Å². The first-order valence-corrected chi connectivity index (χ1v) is 10.3. The molecule has 0 aromatic carbocycles. The van der Waals surface area contributed by atoms with Crippen LogP contribution in [0, 0.1) is 5.92 Å². The third-order valence-corrected chi connectivity index (χ3v) is 4.61. The van der Waals surface area contributed by atoms with Crippen molar-refractivity contribution in [2.45, 2.75) is 111 Å². The third-order valence-electron chi connectivity index (χ3n) is 4.61. The quantitative estimate of drug-likeness (QED) is 0.179. The van der Waals surface area contributed by atoms with E-state index in [1.54, 1.807) is 0 Å². The third kappa shape index (κ3) is 13.6. The fraction of sp³-hybridized carbons (Fsp3) is 0.905. The molecule has 0 aromatic heterocycles. The molecular formula is C21H40O3. The summed E-state index contributed by atoms with van der Waals surface area (Å²) in [5.74, 6) is -0.923. The van der Waals surface area contributed by atoms with Crippen molar-refractivity contribution in [3.8, 4) is 0 Å². The minimum absolute atomic E-state index is 0.0626. The first-order valence-electron chi connectivity index (χ1n) is 10.3. The molecular weight excluding hydrogens is 300 g/mol. The Labute approximate surface area is 149 Å². The zero-order chi connectivity index (χ0) is 18.0. The lowest BCUT2D eigenvalue weighted by Gasteiger charge is -2.12. The van der Waals surface area contributed by atoms with E-state index in [0.717, 1.165) is 25.7 Å². The van der Waals surface area contributed by atoms with Gasteiger partial charge in [0.15, 0.2) is 0 Å². The Morgan fingerprint density at radius 1 is 0.708 bits per heavy atom. The van der Waals surface area contributed by atoms with Gasteiger partial charge in [-0.2, -0.15) is 0 Å². The highest BCUT2D eigenvalue weighted by Gasteiger charge is 2.23. The van der Waals surface area contributed by atoms with Gasteiger partial charge in [0.1, 0.15) is 11.7 Å². The fourth-order valence-electron chi connectivity index (χ4n) is 2.93. The van der Waals surface area contributed by atoms with Gasteiger partial charge in [-0.1, -0.05) is 90.9 Å². The predicted octanol–water partition coefficient (Wildman–Crippen LogP) is 6.24. The zero-order valence-corrected chi connectivity index (χ0v) is 16.4. The smallest absolute Gasteiger partial charge is 0.316 e. The molecule has 0 amide bonds. The maximum atomic E-state index is 11.9. The van der Waals surface area contributed by atoms with Crippen LogP contribution < -0.4 is 0 Å². The number of ketones is 1. The lowest BCUT2D eigenvalue weighted by molar-refractivity contribution is -0.152. The Kier molecular flexibility index (Phi) is 16.4. The van der Waals surface area contributed by atoms with Gasteiger partial charge >= 0.3 is 5.97 Å². The van der Waals surface area contributed by atoms with Crippen LogP contribution >= 0.6 is 0 Å². The van der Waals surface area contributed by atoms with Gasteiger partial charge in [0.25, 0.3) is 0 Å². The number of carbonyl (C=O) groups is 2. The molecule has 0 aliphatic heterocycles. The molecule has 142 valence electrons. The number of ether oxygens (including phenoxy) is 1. The van der Waals surface area contributed by atoms with Crippen LogP contribution in [-0.2, 0) is 14.3 Å². The van der Waals surface area contributed by atoms with Crippen molar-refractivity contribution in [3.63, 3.8) is 0 Å². The van der Waals surface area contributed by atoms with Crippen LogP contribution in [-0.4, -0.2) is 18.4 Å². The molecule has 0 rings (SSSR count). The first kappa shape index (κ1) is 23.1. The molecule has 0 heterocycles. The van der Waals surface area contributed by atoms with Gasteiger partial charge in [0.05, 0.1) is 6.61 Å². The largest absolute Gasteiger partial charge is 0.465 e. The summed E-state index contributed by atoms with van der Waals surface area (Å²) in [4.78, 5) is 23.4. The van der Waals surface area contributed by atoms with Crippen LogP contribution in [0.1, 0.15) is 111 Å². The molecule has 1 atom stereocenters. The molecule has 24 heavy (non-hydrogen) atoms. The van der Waals surface area contributed by atoms with Gasteiger partial charge in [-0.25, -0.2) is 0 Å². The Morgan fingerprint density at radius 3 is 1.62 bits per heavy atom. The summed E-state index contributed by atoms with van der Waals surface area (Å²) in [5, 5.41) is 0. The summed E-state index contributed by atoms with van der Waals surface area (Å²) >= 11 is 0. The molecule has 0 saturated heterocycles. The molecule has 1 unspecified atom stereocenters. The van der Waals surface area contributed by atoms with Gasteiger partial charge < -0.3 is 4.74 Å². The second-order valence-corrected chi connectivity index (χ2v) is 7.01. The Hall–Kier alpha value is -0.860. The topological polar surface area (TPSA) is 43.4 Å². The van der Waals surface area contributed by atoms with E-state index in [-0.39, 0.29) is 11.8 Å². The van der Waals surface area contributed by atoms with E-state index in [0.29, 0.717) is 13.0 Å². The molecule has 3 heteroatoms. The van der Waals surface area contributed by atoms with Gasteiger partial charge in [0.2, 0.25) is 0 Å². The van der Waals surface area contributed by atoms with Crippen molar-refractivity contribution in [2.24, 2.45) is 5.92 Å². The molecule has 0 saturated carbocycles. The Morgan fingerprint density at radius 2 is 1.17 bits per heavy atom. The van der Waals surface area contributed by atoms with Crippen molar-refractivity contribution in [3.05, 3.63) is 0 Å². The molecule has 0 fully saturated rings. The zero-order valence-electron chi connectivity index (χ0n) is 16.4. The predicted molar refractivity (Wildman–Crippen MR) is 101 cm³/mol. The van der Waals surface area contributed by atoms with E-state index in [2.05, 4.69) is 13.8 Å². The molecule has 0 radical (unpaired) electrons. The summed E-state index contributed by atoms with van der Waals surface area (Å²) in [6, 6.07) is 0. The highest BCUT2D eigenvalue weighted by molar-refractivity contribution is 5.97. The van der Waals surface area contributed by atoms with Gasteiger partial charge in [0, 0.05) is 0 Å². The SMILES string of the molecule is CCCCCCCCCCCCCOC(=O)C(CCCC)C(C)=O. The van der Waals surface area contributed by atoms with Crippen LogP contribution in [0.3, 0.4) is 0 Å². The standard InChI is InChI=1S/C21H40O3/c1-4-6-8-9-10-11-12-13-14-15-16-18-24-21(23)20(19(3)22)17-7-5-2/h20H,4-18H2,1-3H3. The van der Waals surface area contributed by atoms with Crippen molar-refractivity contribution in [1.29, 1.82) is 0 Å².